The van der Waals surface area contributed by atoms with Gasteiger partial charge in [-0.1, -0.05) is 0 Å². The number of hydrogen-bond acceptors (Lipinski definition) is 5. The lowest BCUT2D eigenvalue weighted by Gasteiger charge is -2.26. The van der Waals surface area contributed by atoms with Crippen molar-refractivity contribution in [1.29, 1.82) is 0 Å². The second-order valence-corrected chi connectivity index (χ2v) is 5.46. The van der Waals surface area contributed by atoms with Crippen LogP contribution in [0, 0.1) is 0 Å². The van der Waals surface area contributed by atoms with Crippen molar-refractivity contribution in [3.05, 3.63) is 53.6 Å². The number of benzene rings is 2. The molecule has 0 spiro atoms. The van der Waals surface area contributed by atoms with Crippen molar-refractivity contribution in [2.45, 2.75) is 0 Å². The number of carbonyl (C=O) groups excluding carboxylic acids is 1. The average Bonchev–Trinajstić information content (AvgIpc) is 2.63. The third kappa shape index (κ3) is 3.72. The molecule has 3 rings (SSSR count). The molecule has 0 radical (unpaired) electrons. The van der Waals surface area contributed by atoms with E-state index in [2.05, 4.69) is 4.99 Å². The minimum atomic E-state index is -0.189. The summed E-state index contributed by atoms with van der Waals surface area (Å²) in [6, 6.07) is 11.5. The predicted octanol–water partition coefficient (Wildman–Crippen LogP) is 2.32. The third-order valence-electron chi connectivity index (χ3n) is 3.77. The zero-order valence-corrected chi connectivity index (χ0v) is 13.1. The highest BCUT2D eigenvalue weighted by Crippen LogP contribution is 2.24. The van der Waals surface area contributed by atoms with E-state index < -0.39 is 0 Å². The van der Waals surface area contributed by atoms with Crippen LogP contribution in [0.1, 0.15) is 15.9 Å². The van der Waals surface area contributed by atoms with Crippen molar-refractivity contribution < 1.29 is 19.7 Å². The van der Waals surface area contributed by atoms with Crippen LogP contribution in [0.25, 0.3) is 0 Å². The van der Waals surface area contributed by atoms with E-state index in [-0.39, 0.29) is 17.4 Å². The van der Waals surface area contributed by atoms with Crippen LogP contribution in [0.5, 0.6) is 11.5 Å². The van der Waals surface area contributed by atoms with E-state index in [0.29, 0.717) is 43.1 Å². The van der Waals surface area contributed by atoms with Gasteiger partial charge in [-0.05, 0) is 48.0 Å². The first-order valence-corrected chi connectivity index (χ1v) is 7.66. The van der Waals surface area contributed by atoms with Crippen LogP contribution in [-0.2, 0) is 4.74 Å². The van der Waals surface area contributed by atoms with Crippen LogP contribution in [0.2, 0.25) is 0 Å². The van der Waals surface area contributed by atoms with Crippen molar-refractivity contribution in [3.63, 3.8) is 0 Å². The van der Waals surface area contributed by atoms with E-state index in [1.807, 2.05) is 0 Å². The summed E-state index contributed by atoms with van der Waals surface area (Å²) < 4.78 is 5.25. The molecule has 1 amide bonds. The van der Waals surface area contributed by atoms with E-state index in [1.165, 1.54) is 12.1 Å². The fourth-order valence-corrected chi connectivity index (χ4v) is 2.41. The first kappa shape index (κ1) is 16.0. The van der Waals surface area contributed by atoms with Gasteiger partial charge in [0.2, 0.25) is 0 Å². The summed E-state index contributed by atoms with van der Waals surface area (Å²) in [6.07, 6.45) is 1.58. The molecule has 0 aliphatic carbocycles. The van der Waals surface area contributed by atoms with Crippen LogP contribution >= 0.6 is 0 Å². The van der Waals surface area contributed by atoms with Gasteiger partial charge in [-0.2, -0.15) is 0 Å². The first-order valence-electron chi connectivity index (χ1n) is 7.66. The van der Waals surface area contributed by atoms with E-state index in [0.717, 1.165) is 0 Å². The lowest BCUT2D eigenvalue weighted by Crippen LogP contribution is -2.40. The number of rotatable bonds is 3. The van der Waals surface area contributed by atoms with Crippen LogP contribution in [0.15, 0.2) is 47.5 Å². The molecule has 1 aliphatic rings. The molecule has 2 N–H and O–H groups in total. The fraction of sp³-hybridized carbons (Fsp3) is 0.222. The number of nitrogens with zero attached hydrogens (tertiary/aromatic N) is 2. The van der Waals surface area contributed by atoms with E-state index in [1.54, 1.807) is 41.4 Å². The Kier molecular flexibility index (Phi) is 4.77. The molecular weight excluding hydrogens is 308 g/mol. The van der Waals surface area contributed by atoms with Gasteiger partial charge in [0.15, 0.2) is 11.5 Å². The normalized spacial score (nSPS) is 14.9. The van der Waals surface area contributed by atoms with Gasteiger partial charge in [0.25, 0.3) is 5.91 Å². The molecule has 124 valence electrons. The number of phenolic OH excluding ortho intramolecular Hbond substituents is 2. The zero-order valence-electron chi connectivity index (χ0n) is 13.1. The lowest BCUT2D eigenvalue weighted by molar-refractivity contribution is 0.0303. The molecule has 6 heteroatoms. The maximum absolute atomic E-state index is 12.3. The minimum absolute atomic E-state index is 0.00251. The number of phenols is 2. The Labute approximate surface area is 139 Å². The number of carbonyl (C=O) groups is 1. The molecule has 6 nitrogen and oxygen atoms in total. The summed E-state index contributed by atoms with van der Waals surface area (Å²) in [5.74, 6) is -0.360. The topological polar surface area (TPSA) is 82.4 Å². The van der Waals surface area contributed by atoms with Gasteiger partial charge in [-0.15, -0.1) is 0 Å². The Morgan fingerprint density at radius 3 is 2.42 bits per heavy atom. The maximum Gasteiger partial charge on any atom is 0.254 e. The molecule has 1 aliphatic heterocycles. The average molecular weight is 326 g/mol. The number of amides is 1. The quantitative estimate of drug-likeness (QED) is 0.670. The van der Waals surface area contributed by atoms with Crippen molar-refractivity contribution in [1.82, 2.24) is 4.90 Å². The van der Waals surface area contributed by atoms with Crippen molar-refractivity contribution in [2.75, 3.05) is 26.3 Å². The molecule has 0 atom stereocenters. The SMILES string of the molecule is O=C(c1ccc(N=Cc2ccc(O)c(O)c2)cc1)N1CCOCC1. The molecule has 1 heterocycles. The van der Waals surface area contributed by atoms with Gasteiger partial charge in [0.05, 0.1) is 18.9 Å². The van der Waals surface area contributed by atoms with Crippen molar-refractivity contribution >= 4 is 17.8 Å². The summed E-state index contributed by atoms with van der Waals surface area (Å²) in [6.45, 7) is 2.38. The van der Waals surface area contributed by atoms with Gasteiger partial charge >= 0.3 is 0 Å². The fourth-order valence-electron chi connectivity index (χ4n) is 2.41. The summed E-state index contributed by atoms with van der Waals surface area (Å²) >= 11 is 0. The van der Waals surface area contributed by atoms with Crippen LogP contribution in [0.4, 0.5) is 5.69 Å². The summed E-state index contributed by atoms with van der Waals surface area (Å²) in [5, 5.41) is 18.7. The standard InChI is InChI=1S/C18H18N2O4/c21-16-6-1-13(11-17(16)22)12-19-15-4-2-14(3-5-15)18(23)20-7-9-24-10-8-20/h1-6,11-12,21-22H,7-10H2. The Morgan fingerprint density at radius 1 is 1.04 bits per heavy atom. The highest BCUT2D eigenvalue weighted by Gasteiger charge is 2.18. The summed E-state index contributed by atoms with van der Waals surface area (Å²) in [4.78, 5) is 18.4. The number of hydrogen-bond donors (Lipinski definition) is 2. The van der Waals surface area contributed by atoms with Crippen molar-refractivity contribution in [3.8, 4) is 11.5 Å². The second kappa shape index (κ2) is 7.14. The number of aliphatic imine (C=N–C) groups is 1. The van der Waals surface area contributed by atoms with Crippen LogP contribution in [-0.4, -0.2) is 53.5 Å². The number of morpholine rings is 1. The Hall–Kier alpha value is -2.86. The highest BCUT2D eigenvalue weighted by molar-refractivity contribution is 5.94. The Bertz CT molecular complexity index is 750. The van der Waals surface area contributed by atoms with Gasteiger partial charge in [-0.25, -0.2) is 0 Å². The molecular formula is C18H18N2O4. The smallest absolute Gasteiger partial charge is 0.254 e. The zero-order chi connectivity index (χ0) is 16.9. The molecule has 1 saturated heterocycles. The van der Waals surface area contributed by atoms with Gasteiger partial charge in [0, 0.05) is 24.9 Å². The molecule has 0 aromatic heterocycles. The molecule has 2 aromatic carbocycles. The molecule has 0 bridgehead atoms. The number of ether oxygens (including phenoxy) is 1. The predicted molar refractivity (Wildman–Crippen MR) is 90.2 cm³/mol. The molecule has 2 aromatic rings. The lowest BCUT2D eigenvalue weighted by atomic mass is 10.1. The molecule has 0 unspecified atom stereocenters. The van der Waals surface area contributed by atoms with E-state index in [4.69, 9.17) is 4.74 Å². The third-order valence-corrected chi connectivity index (χ3v) is 3.77. The van der Waals surface area contributed by atoms with Gasteiger partial charge < -0.3 is 19.8 Å². The van der Waals surface area contributed by atoms with Crippen LogP contribution < -0.4 is 0 Å². The first-order chi connectivity index (χ1) is 11.6. The summed E-state index contributed by atoms with van der Waals surface area (Å²) in [7, 11) is 0. The Morgan fingerprint density at radius 2 is 1.75 bits per heavy atom. The minimum Gasteiger partial charge on any atom is -0.504 e. The monoisotopic (exact) mass is 326 g/mol. The molecule has 0 saturated carbocycles. The molecule has 1 fully saturated rings. The maximum atomic E-state index is 12.3. The highest BCUT2D eigenvalue weighted by atomic mass is 16.5. The van der Waals surface area contributed by atoms with Crippen LogP contribution in [0.3, 0.4) is 0 Å². The Balaban J connectivity index is 1.68. The second-order valence-electron chi connectivity index (χ2n) is 5.46. The largest absolute Gasteiger partial charge is 0.504 e. The van der Waals surface area contributed by atoms with Gasteiger partial charge in [-0.3, -0.25) is 9.79 Å². The van der Waals surface area contributed by atoms with E-state index >= 15 is 0 Å². The van der Waals surface area contributed by atoms with Gasteiger partial charge in [0.1, 0.15) is 0 Å². The summed E-state index contributed by atoms with van der Waals surface area (Å²) in [5.41, 5.74) is 1.98. The molecule has 24 heavy (non-hydrogen) atoms. The number of aromatic hydroxyl groups is 2. The van der Waals surface area contributed by atoms with E-state index in [9.17, 15) is 15.0 Å². The van der Waals surface area contributed by atoms with Crippen molar-refractivity contribution in [2.24, 2.45) is 4.99 Å².